The quantitative estimate of drug-likeness (QED) is 0.0681. The number of anilines is 4. The summed E-state index contributed by atoms with van der Waals surface area (Å²) >= 11 is 0. The second-order valence-electron chi connectivity index (χ2n) is 23.8. The topological polar surface area (TPSA) is 196 Å². The molecule has 74 heavy (non-hydrogen) atoms. The average molecular weight is 1030 g/mol. The molecule has 3 atom stereocenters. The van der Waals surface area contributed by atoms with Crippen LogP contribution in [0, 0.1) is 26.9 Å². The molecule has 6 heterocycles. The molecule has 4 N–H and O–H groups in total. The number of aromatic nitrogens is 2. The molecule has 5 fully saturated rings. The Bertz CT molecular complexity index is 3040. The number of nitro groups is 1. The maximum atomic E-state index is 14.8. The van der Waals surface area contributed by atoms with Crippen molar-refractivity contribution >= 4 is 55.4 Å². The third-order valence-electron chi connectivity index (χ3n) is 17.6. The number of ether oxygens (including phenoxy) is 2. The third kappa shape index (κ3) is 9.85. The lowest BCUT2D eigenvalue weighted by Crippen LogP contribution is -2.58. The van der Waals surface area contributed by atoms with Crippen molar-refractivity contribution in [2.45, 2.75) is 146 Å². The molecule has 0 bridgehead atoms. The van der Waals surface area contributed by atoms with E-state index in [-0.39, 0.29) is 34.0 Å². The first-order chi connectivity index (χ1) is 35.3. The minimum Gasteiger partial charge on any atom is -0.468 e. The van der Waals surface area contributed by atoms with Gasteiger partial charge in [0.05, 0.1) is 39.3 Å². The fourth-order valence-electron chi connectivity index (χ4n) is 13.3. The summed E-state index contributed by atoms with van der Waals surface area (Å²) in [5.41, 5.74) is 5.39. The molecule has 1 amide bonds. The van der Waals surface area contributed by atoms with Gasteiger partial charge >= 0.3 is 0 Å². The summed E-state index contributed by atoms with van der Waals surface area (Å²) in [5, 5.41) is 26.8. The molecule has 3 aromatic carbocycles. The molecule has 3 saturated heterocycles. The molecule has 0 unspecified atom stereocenters. The van der Waals surface area contributed by atoms with Crippen LogP contribution in [0.1, 0.15) is 139 Å². The van der Waals surface area contributed by atoms with Gasteiger partial charge in [-0.1, -0.05) is 52.0 Å². The van der Waals surface area contributed by atoms with E-state index in [2.05, 4.69) is 81.7 Å². The molecule has 17 heteroatoms. The fourth-order valence-corrected chi connectivity index (χ4v) is 14.3. The number of nitrogens with one attached hydrogen (secondary N) is 3. The number of aromatic amines is 1. The zero-order valence-electron chi connectivity index (χ0n) is 43.4. The van der Waals surface area contributed by atoms with Crippen LogP contribution in [0.25, 0.3) is 11.0 Å². The number of benzene rings is 3. The van der Waals surface area contributed by atoms with Crippen LogP contribution < -0.4 is 24.6 Å². The van der Waals surface area contributed by atoms with Crippen LogP contribution in [0.2, 0.25) is 0 Å². The number of carbonyl (C=O) groups is 1. The lowest BCUT2D eigenvalue weighted by molar-refractivity contribution is -0.384. The van der Waals surface area contributed by atoms with Crippen LogP contribution in [0.15, 0.2) is 83.9 Å². The van der Waals surface area contributed by atoms with E-state index in [1.54, 1.807) is 6.07 Å². The molecule has 11 rings (SSSR count). The lowest BCUT2D eigenvalue weighted by Gasteiger charge is -2.59. The summed E-state index contributed by atoms with van der Waals surface area (Å²) < 4.78 is 43.2. The van der Waals surface area contributed by atoms with Crippen molar-refractivity contribution in [1.82, 2.24) is 19.6 Å². The average Bonchev–Trinajstić information content (AvgIpc) is 3.83. The van der Waals surface area contributed by atoms with E-state index in [0.717, 1.165) is 62.5 Å². The number of likely N-dealkylation sites (tertiary alicyclic amines) is 1. The number of nitrogens with zero attached hydrogens (tertiary/aromatic N) is 5. The van der Waals surface area contributed by atoms with Crippen molar-refractivity contribution in [1.29, 1.82) is 0 Å². The molecule has 394 valence electrons. The number of hydrogen-bond donors (Lipinski definition) is 4. The molecule has 0 radical (unpaired) electrons. The standard InChI is InChI=1S/C57H72N8O8S/c1-36(2)42-8-6-7-9-43(42)46-16-19-55(3,4)35-63(46)40-31-57(32-40)22-25-62(26-23-57)39-10-12-44(48(29-39)64-47-18-27-72-34-51(47)73-54-50(64)28-38-17-24-58-52(38)60-54)53(66)61-74(70,71)41-11-13-45(49(30-41)65(68)69)59-33-37-14-20-56(5,67)21-15-37/h6-13,17,24,28-30,36-37,40,46-47,51,59,67H,14-16,18-23,25-27,31-35H2,1-5H3,(H,58,60)(H,61,66)/t37-,46-,47-,51-,56-/m0/s1. The van der Waals surface area contributed by atoms with E-state index in [1.807, 2.05) is 37.4 Å². The van der Waals surface area contributed by atoms with Crippen LogP contribution in [0.5, 0.6) is 5.88 Å². The van der Waals surface area contributed by atoms with Crippen molar-refractivity contribution in [3.63, 3.8) is 0 Å². The molecule has 2 saturated carbocycles. The second kappa shape index (κ2) is 19.4. The molecule has 6 aliphatic rings. The van der Waals surface area contributed by atoms with Crippen LogP contribution in [0.4, 0.5) is 28.4 Å². The van der Waals surface area contributed by atoms with Crippen molar-refractivity contribution in [2.75, 3.05) is 54.5 Å². The smallest absolute Gasteiger partial charge is 0.293 e. The highest BCUT2D eigenvalue weighted by molar-refractivity contribution is 7.90. The maximum absolute atomic E-state index is 14.8. The van der Waals surface area contributed by atoms with Crippen LogP contribution in [0.3, 0.4) is 0 Å². The SMILES string of the molecule is CC(C)c1ccccc1[C@@H]1CCC(C)(C)CN1C1CC2(CCN(c3ccc(C(=O)NS(=O)(=O)c4ccc(NC[C@H]5CC[C@](C)(O)CC5)c([N+](=O)[O-])c4)c(N4c5cc6cc[nH]c6nc5O[C@H]5COCC[C@@H]54)c3)CC2)C1. The minimum absolute atomic E-state index is 0.122. The Morgan fingerprint density at radius 1 is 0.946 bits per heavy atom. The van der Waals surface area contributed by atoms with Gasteiger partial charge in [0.15, 0.2) is 0 Å². The van der Waals surface area contributed by atoms with Gasteiger partial charge in [0.2, 0.25) is 5.88 Å². The Morgan fingerprint density at radius 3 is 2.47 bits per heavy atom. The summed E-state index contributed by atoms with van der Waals surface area (Å²) in [4.78, 5) is 41.5. The van der Waals surface area contributed by atoms with Gasteiger partial charge in [-0.2, -0.15) is 4.98 Å². The van der Waals surface area contributed by atoms with Gasteiger partial charge in [-0.15, -0.1) is 0 Å². The Kier molecular flexibility index (Phi) is 13.2. The van der Waals surface area contributed by atoms with E-state index in [1.165, 1.54) is 48.9 Å². The summed E-state index contributed by atoms with van der Waals surface area (Å²) in [6, 6.07) is 23.0. The van der Waals surface area contributed by atoms with Crippen LogP contribution in [-0.2, 0) is 14.8 Å². The molecule has 1 spiro atoms. The zero-order valence-corrected chi connectivity index (χ0v) is 44.3. The summed E-state index contributed by atoms with van der Waals surface area (Å²) in [6.45, 7) is 15.3. The van der Waals surface area contributed by atoms with E-state index in [0.29, 0.717) is 79.9 Å². The summed E-state index contributed by atoms with van der Waals surface area (Å²) in [5.74, 6) is 0.171. The van der Waals surface area contributed by atoms with Crippen molar-refractivity contribution in [3.8, 4) is 5.88 Å². The van der Waals surface area contributed by atoms with Gasteiger partial charge in [0, 0.05) is 68.2 Å². The first-order valence-electron chi connectivity index (χ1n) is 26.9. The summed E-state index contributed by atoms with van der Waals surface area (Å²) in [7, 11) is -4.62. The zero-order chi connectivity index (χ0) is 51.7. The number of rotatable bonds is 12. The van der Waals surface area contributed by atoms with Crippen LogP contribution in [-0.4, -0.2) is 102 Å². The number of fused-ring (bicyclic) bond motifs is 3. The highest BCUT2D eigenvalue weighted by Crippen LogP contribution is 2.56. The molecule has 2 aromatic heterocycles. The number of hydrogen-bond acceptors (Lipinski definition) is 13. The Labute approximate surface area is 434 Å². The van der Waals surface area contributed by atoms with Gasteiger partial charge in [-0.05, 0) is 154 Å². The fraction of sp³-hybridized carbons (Fsp3) is 0.544. The van der Waals surface area contributed by atoms with E-state index in [9.17, 15) is 28.4 Å². The molecule has 5 aromatic rings. The molecule has 2 aliphatic carbocycles. The number of aliphatic hydroxyl groups is 1. The number of sulfonamides is 1. The Balaban J connectivity index is 0.868. The predicted octanol–water partition coefficient (Wildman–Crippen LogP) is 10.4. The van der Waals surface area contributed by atoms with Gasteiger partial charge in [0.25, 0.3) is 21.6 Å². The summed E-state index contributed by atoms with van der Waals surface area (Å²) in [6.07, 6.45) is 11.6. The van der Waals surface area contributed by atoms with Gasteiger partial charge in [0.1, 0.15) is 23.1 Å². The van der Waals surface area contributed by atoms with Crippen molar-refractivity contribution in [2.24, 2.45) is 16.7 Å². The van der Waals surface area contributed by atoms with Gasteiger partial charge in [-0.25, -0.2) is 13.1 Å². The minimum atomic E-state index is -4.62. The first-order valence-corrected chi connectivity index (χ1v) is 28.4. The second-order valence-corrected chi connectivity index (χ2v) is 25.5. The number of nitro benzene ring substituents is 1. The van der Waals surface area contributed by atoms with Crippen LogP contribution >= 0.6 is 0 Å². The largest absolute Gasteiger partial charge is 0.468 e. The van der Waals surface area contributed by atoms with Gasteiger partial charge < -0.3 is 34.7 Å². The lowest BCUT2D eigenvalue weighted by atomic mass is 9.59. The first kappa shape index (κ1) is 50.4. The van der Waals surface area contributed by atoms with Gasteiger partial charge in [-0.3, -0.25) is 19.8 Å². The Hall–Kier alpha value is -5.75. The van der Waals surface area contributed by atoms with Crippen molar-refractivity contribution < 1.29 is 32.7 Å². The third-order valence-corrected chi connectivity index (χ3v) is 19.0. The number of amides is 1. The maximum Gasteiger partial charge on any atom is 0.293 e. The highest BCUT2D eigenvalue weighted by atomic mass is 32.2. The molecule has 4 aliphatic heterocycles. The van der Waals surface area contributed by atoms with E-state index >= 15 is 0 Å². The monoisotopic (exact) mass is 1030 g/mol. The normalized spacial score (nSPS) is 26.7. The number of carbonyl (C=O) groups excluding carboxylic acids is 1. The number of piperidine rings is 2. The molecule has 16 nitrogen and oxygen atoms in total. The highest BCUT2D eigenvalue weighted by Gasteiger charge is 2.51. The van der Waals surface area contributed by atoms with Crippen molar-refractivity contribution in [3.05, 3.63) is 106 Å². The molecular weight excluding hydrogens is 957 g/mol. The van der Waals surface area contributed by atoms with E-state index in [4.69, 9.17) is 14.5 Å². The Morgan fingerprint density at radius 2 is 1.72 bits per heavy atom. The number of pyridine rings is 1. The van der Waals surface area contributed by atoms with E-state index < -0.39 is 43.1 Å². The molecular formula is C57H72N8O8S. The predicted molar refractivity (Wildman–Crippen MR) is 287 cm³/mol. The number of H-pyrrole nitrogens is 1.